The molecule has 1 aliphatic rings. The number of amides is 1. The van der Waals surface area contributed by atoms with Crippen molar-refractivity contribution in [1.29, 1.82) is 0 Å². The molecule has 18 heavy (non-hydrogen) atoms. The second-order valence-corrected chi connectivity index (χ2v) is 4.57. The van der Waals surface area contributed by atoms with Gasteiger partial charge in [-0.3, -0.25) is 4.79 Å². The molecule has 0 saturated carbocycles. The number of ether oxygens (including phenoxy) is 1. The zero-order chi connectivity index (χ0) is 12.8. The lowest BCUT2D eigenvalue weighted by molar-refractivity contribution is -0.129. The Hall–Kier alpha value is -1.39. The normalized spacial score (nSPS) is 19.5. The number of hydrogen-bond donors (Lipinski definition) is 2. The summed E-state index contributed by atoms with van der Waals surface area (Å²) in [6.07, 6.45) is 2.67. The number of rotatable bonds is 4. The lowest BCUT2D eigenvalue weighted by atomic mass is 10.1. The smallest absolute Gasteiger partial charge is 0.253 e. The van der Waals surface area contributed by atoms with Crippen LogP contribution in [0.15, 0.2) is 24.3 Å². The molecular weight excluding hydrogens is 228 g/mol. The summed E-state index contributed by atoms with van der Waals surface area (Å²) >= 11 is 0. The molecule has 2 rings (SSSR count). The van der Waals surface area contributed by atoms with Gasteiger partial charge in [0, 0.05) is 18.8 Å². The molecule has 1 saturated heterocycles. The minimum Gasteiger partial charge on any atom is -0.368 e. The molecule has 1 heterocycles. The Kier molecular flexibility index (Phi) is 4.73. The highest BCUT2D eigenvalue weighted by atomic mass is 16.5. The minimum atomic E-state index is -0.282. The lowest BCUT2D eigenvalue weighted by Crippen LogP contribution is -2.33. The molecule has 0 aliphatic carbocycles. The molecular formula is C14H20N2O2. The van der Waals surface area contributed by atoms with Crippen LogP contribution in [-0.4, -0.2) is 25.7 Å². The summed E-state index contributed by atoms with van der Waals surface area (Å²) in [4.78, 5) is 11.9. The third kappa shape index (κ3) is 3.55. The maximum Gasteiger partial charge on any atom is 0.253 e. The van der Waals surface area contributed by atoms with Gasteiger partial charge < -0.3 is 15.4 Å². The van der Waals surface area contributed by atoms with Crippen molar-refractivity contribution in [3.05, 3.63) is 29.8 Å². The summed E-state index contributed by atoms with van der Waals surface area (Å²) in [6.45, 7) is 1.53. The van der Waals surface area contributed by atoms with Crippen molar-refractivity contribution in [2.75, 3.05) is 19.0 Å². The molecule has 1 aromatic rings. The minimum absolute atomic E-state index is 0.0314. The van der Waals surface area contributed by atoms with Gasteiger partial charge in [-0.1, -0.05) is 12.1 Å². The van der Waals surface area contributed by atoms with Crippen molar-refractivity contribution in [3.8, 4) is 0 Å². The largest absolute Gasteiger partial charge is 0.368 e. The van der Waals surface area contributed by atoms with Gasteiger partial charge in [-0.15, -0.1) is 0 Å². The number of hydrogen-bond acceptors (Lipinski definition) is 3. The average molecular weight is 248 g/mol. The number of carbonyl (C=O) groups excluding carboxylic acids is 1. The first kappa shape index (κ1) is 13.1. The van der Waals surface area contributed by atoms with E-state index in [0.717, 1.165) is 31.5 Å². The van der Waals surface area contributed by atoms with Crippen molar-refractivity contribution in [3.63, 3.8) is 0 Å². The third-order valence-electron chi connectivity index (χ3n) is 3.07. The maximum absolute atomic E-state index is 11.9. The van der Waals surface area contributed by atoms with E-state index in [1.807, 2.05) is 31.3 Å². The molecule has 1 aliphatic heterocycles. The first-order chi connectivity index (χ1) is 8.79. The average Bonchev–Trinajstić information content (AvgIpc) is 2.42. The summed E-state index contributed by atoms with van der Waals surface area (Å²) in [7, 11) is 1.91. The van der Waals surface area contributed by atoms with E-state index in [1.54, 1.807) is 0 Å². The van der Waals surface area contributed by atoms with Crippen molar-refractivity contribution in [2.45, 2.75) is 31.9 Å². The molecule has 1 atom stereocenters. The van der Waals surface area contributed by atoms with Gasteiger partial charge in [0.2, 0.25) is 0 Å². The highest BCUT2D eigenvalue weighted by molar-refractivity contribution is 5.94. The first-order valence-electron chi connectivity index (χ1n) is 6.45. The Morgan fingerprint density at radius 2 is 2.11 bits per heavy atom. The molecule has 1 fully saturated rings. The first-order valence-corrected chi connectivity index (χ1v) is 6.45. The quantitative estimate of drug-likeness (QED) is 0.856. The van der Waals surface area contributed by atoms with Gasteiger partial charge in [-0.25, -0.2) is 0 Å². The summed E-state index contributed by atoms with van der Waals surface area (Å²) in [5, 5.41) is 5.99. The van der Waals surface area contributed by atoms with E-state index in [0.29, 0.717) is 6.61 Å². The number of nitrogens with one attached hydrogen (secondary N) is 2. The van der Waals surface area contributed by atoms with Crippen LogP contribution in [-0.2, 0) is 16.1 Å². The number of carbonyl (C=O) groups is 1. The molecule has 0 radical (unpaired) electrons. The highest BCUT2D eigenvalue weighted by Crippen LogP contribution is 2.16. The Labute approximate surface area is 108 Å². The summed E-state index contributed by atoms with van der Waals surface area (Å²) < 4.78 is 5.45. The molecule has 98 valence electrons. The standard InChI is InChI=1S/C14H20N2O2/c1-15-10-11-5-7-12(8-6-11)16-14(17)13-4-2-3-9-18-13/h5-8,13,15H,2-4,9-10H2,1H3,(H,16,17). The van der Waals surface area contributed by atoms with Crippen LogP contribution >= 0.6 is 0 Å². The molecule has 2 N–H and O–H groups in total. The molecule has 1 amide bonds. The lowest BCUT2D eigenvalue weighted by Gasteiger charge is -2.21. The summed E-state index contributed by atoms with van der Waals surface area (Å²) in [5.74, 6) is -0.0314. The fourth-order valence-corrected chi connectivity index (χ4v) is 2.08. The van der Waals surface area contributed by atoms with Crippen molar-refractivity contribution in [1.82, 2.24) is 5.32 Å². The monoisotopic (exact) mass is 248 g/mol. The van der Waals surface area contributed by atoms with E-state index in [1.165, 1.54) is 5.56 Å². The van der Waals surface area contributed by atoms with E-state index in [-0.39, 0.29) is 12.0 Å². The second-order valence-electron chi connectivity index (χ2n) is 4.57. The molecule has 1 aromatic carbocycles. The topological polar surface area (TPSA) is 50.4 Å². The number of anilines is 1. The Balaban J connectivity index is 1.89. The fourth-order valence-electron chi connectivity index (χ4n) is 2.08. The maximum atomic E-state index is 11.9. The van der Waals surface area contributed by atoms with Crippen LogP contribution in [0.4, 0.5) is 5.69 Å². The van der Waals surface area contributed by atoms with Gasteiger partial charge in [0.15, 0.2) is 0 Å². The van der Waals surface area contributed by atoms with Crippen molar-refractivity contribution in [2.24, 2.45) is 0 Å². The van der Waals surface area contributed by atoms with Gasteiger partial charge >= 0.3 is 0 Å². The van der Waals surface area contributed by atoms with Crippen LogP contribution in [0.25, 0.3) is 0 Å². The Morgan fingerprint density at radius 1 is 1.33 bits per heavy atom. The molecule has 0 aromatic heterocycles. The van der Waals surface area contributed by atoms with Gasteiger partial charge in [-0.05, 0) is 44.0 Å². The molecule has 0 bridgehead atoms. The molecule has 4 nitrogen and oxygen atoms in total. The molecule has 4 heteroatoms. The van der Waals surface area contributed by atoms with Crippen LogP contribution in [0.1, 0.15) is 24.8 Å². The van der Waals surface area contributed by atoms with Crippen LogP contribution in [0.2, 0.25) is 0 Å². The van der Waals surface area contributed by atoms with Crippen LogP contribution in [0.3, 0.4) is 0 Å². The Bertz CT molecular complexity index is 383. The van der Waals surface area contributed by atoms with E-state index >= 15 is 0 Å². The van der Waals surface area contributed by atoms with E-state index in [4.69, 9.17) is 4.74 Å². The van der Waals surface area contributed by atoms with Gasteiger partial charge in [-0.2, -0.15) is 0 Å². The second kappa shape index (κ2) is 6.52. The number of benzene rings is 1. The predicted molar refractivity (Wildman–Crippen MR) is 71.4 cm³/mol. The molecule has 1 unspecified atom stereocenters. The zero-order valence-corrected chi connectivity index (χ0v) is 10.7. The van der Waals surface area contributed by atoms with Gasteiger partial charge in [0.05, 0.1) is 0 Å². The van der Waals surface area contributed by atoms with Crippen molar-refractivity contribution >= 4 is 11.6 Å². The van der Waals surface area contributed by atoms with E-state index in [9.17, 15) is 4.79 Å². The van der Waals surface area contributed by atoms with Crippen LogP contribution in [0, 0.1) is 0 Å². The van der Waals surface area contributed by atoms with Crippen LogP contribution in [0.5, 0.6) is 0 Å². The highest BCUT2D eigenvalue weighted by Gasteiger charge is 2.21. The Morgan fingerprint density at radius 3 is 2.72 bits per heavy atom. The fraction of sp³-hybridized carbons (Fsp3) is 0.500. The zero-order valence-electron chi connectivity index (χ0n) is 10.7. The van der Waals surface area contributed by atoms with Crippen molar-refractivity contribution < 1.29 is 9.53 Å². The van der Waals surface area contributed by atoms with Gasteiger partial charge in [0.25, 0.3) is 5.91 Å². The SMILES string of the molecule is CNCc1ccc(NC(=O)C2CCCCO2)cc1. The van der Waals surface area contributed by atoms with Gasteiger partial charge in [0.1, 0.15) is 6.10 Å². The summed E-state index contributed by atoms with van der Waals surface area (Å²) in [5.41, 5.74) is 2.03. The summed E-state index contributed by atoms with van der Waals surface area (Å²) in [6, 6.07) is 7.86. The molecule has 0 spiro atoms. The predicted octanol–water partition coefficient (Wildman–Crippen LogP) is 1.91. The van der Waals surface area contributed by atoms with E-state index in [2.05, 4.69) is 10.6 Å². The van der Waals surface area contributed by atoms with Crippen LogP contribution < -0.4 is 10.6 Å². The van der Waals surface area contributed by atoms with E-state index < -0.39 is 0 Å². The third-order valence-corrected chi connectivity index (χ3v) is 3.07.